The summed E-state index contributed by atoms with van der Waals surface area (Å²) in [5, 5.41) is 24.5. The van der Waals surface area contributed by atoms with Crippen LogP contribution in [-0.2, 0) is 16.0 Å². The van der Waals surface area contributed by atoms with Crippen LogP contribution in [0.4, 0.5) is 5.82 Å². The highest BCUT2D eigenvalue weighted by molar-refractivity contribution is 7.09. The lowest BCUT2D eigenvalue weighted by Gasteiger charge is -2.29. The highest BCUT2D eigenvalue weighted by Gasteiger charge is 2.26. The summed E-state index contributed by atoms with van der Waals surface area (Å²) in [6.07, 6.45) is 4.60. The number of nitrogens with zero attached hydrogens (tertiary/aromatic N) is 3. The third kappa shape index (κ3) is 6.00. The van der Waals surface area contributed by atoms with E-state index in [1.807, 2.05) is 31.5 Å². The molecule has 0 atom stereocenters. The Hall–Kier alpha value is -3.07. The predicted octanol–water partition coefficient (Wildman–Crippen LogP) is 3.73. The van der Waals surface area contributed by atoms with Gasteiger partial charge in [-0.3, -0.25) is 9.59 Å². The number of amides is 1. The maximum absolute atomic E-state index is 12.5. The first kappa shape index (κ1) is 23.6. The van der Waals surface area contributed by atoms with Gasteiger partial charge in [-0.05, 0) is 39.5 Å². The minimum Gasteiger partial charge on any atom is -0.483 e. The summed E-state index contributed by atoms with van der Waals surface area (Å²) in [5.74, 6) is 1.14. The Morgan fingerprint density at radius 2 is 1.81 bits per heavy atom. The van der Waals surface area contributed by atoms with Crippen LogP contribution >= 0.6 is 11.3 Å². The Labute approximate surface area is 191 Å². The average Bonchev–Trinajstić information content (AvgIpc) is 3.21. The fourth-order valence-electron chi connectivity index (χ4n) is 4.05. The number of fused-ring (bicyclic) bond motifs is 1. The Bertz CT molecular complexity index is 1050. The maximum Gasteiger partial charge on any atom is 0.290 e. The van der Waals surface area contributed by atoms with Crippen LogP contribution in [0.5, 0.6) is 0 Å². The molecule has 1 aliphatic carbocycles. The van der Waals surface area contributed by atoms with Crippen LogP contribution in [0.25, 0.3) is 10.8 Å². The number of hydrogen-bond acceptors (Lipinski definition) is 7. The van der Waals surface area contributed by atoms with Crippen LogP contribution in [-0.4, -0.2) is 45.3 Å². The van der Waals surface area contributed by atoms with Gasteiger partial charge in [0.2, 0.25) is 5.91 Å². The minimum absolute atomic E-state index is 0.108. The summed E-state index contributed by atoms with van der Waals surface area (Å²) in [4.78, 5) is 26.4. The summed E-state index contributed by atoms with van der Waals surface area (Å²) >= 11 is 1.66. The summed E-state index contributed by atoms with van der Waals surface area (Å²) < 4.78 is 0. The summed E-state index contributed by atoms with van der Waals surface area (Å²) in [6.45, 7) is 4.44. The number of thiazole rings is 1. The Morgan fingerprint density at radius 3 is 2.47 bits per heavy atom. The molecule has 0 spiro atoms. The van der Waals surface area contributed by atoms with E-state index in [1.54, 1.807) is 11.3 Å². The Balaban J connectivity index is 0.000000913. The monoisotopic (exact) mass is 455 g/mol. The molecule has 1 aromatic carbocycles. The highest BCUT2D eigenvalue weighted by atomic mass is 32.1. The molecule has 1 amide bonds. The molecule has 2 heterocycles. The zero-order chi connectivity index (χ0) is 22.9. The SMILES string of the molecule is Cc1ncsc1CCNC(=O)C1CCC(Nc2nnc(C)c3ccccc23)CC1.O=CO. The second-order valence-electron chi connectivity index (χ2n) is 7.88. The van der Waals surface area contributed by atoms with E-state index < -0.39 is 0 Å². The van der Waals surface area contributed by atoms with Gasteiger partial charge in [0.1, 0.15) is 0 Å². The van der Waals surface area contributed by atoms with Crippen LogP contribution in [0.15, 0.2) is 29.8 Å². The van der Waals surface area contributed by atoms with Crippen molar-refractivity contribution in [1.29, 1.82) is 0 Å². The number of anilines is 1. The van der Waals surface area contributed by atoms with Crippen LogP contribution in [0.1, 0.15) is 41.9 Å². The second-order valence-corrected chi connectivity index (χ2v) is 8.82. The number of hydrogen-bond donors (Lipinski definition) is 3. The highest BCUT2D eigenvalue weighted by Crippen LogP contribution is 2.29. The molecule has 1 aliphatic rings. The average molecular weight is 456 g/mol. The molecule has 0 bridgehead atoms. The summed E-state index contributed by atoms with van der Waals surface area (Å²) in [6, 6.07) is 8.56. The van der Waals surface area contributed by atoms with E-state index in [4.69, 9.17) is 9.90 Å². The molecule has 0 unspecified atom stereocenters. The molecule has 3 aromatic rings. The van der Waals surface area contributed by atoms with Crippen LogP contribution in [0.2, 0.25) is 0 Å². The van der Waals surface area contributed by atoms with Gasteiger partial charge in [0.15, 0.2) is 5.82 Å². The van der Waals surface area contributed by atoms with Crippen LogP contribution in [0.3, 0.4) is 0 Å². The van der Waals surface area contributed by atoms with Crippen LogP contribution < -0.4 is 10.6 Å². The van der Waals surface area contributed by atoms with Gasteiger partial charge in [-0.25, -0.2) is 4.98 Å². The van der Waals surface area contributed by atoms with Gasteiger partial charge in [0.05, 0.1) is 16.9 Å². The number of aryl methyl sites for hydroxylation is 2. The van der Waals surface area contributed by atoms with Gasteiger partial charge >= 0.3 is 0 Å². The van der Waals surface area contributed by atoms with Crippen molar-refractivity contribution in [1.82, 2.24) is 20.5 Å². The van der Waals surface area contributed by atoms with E-state index in [-0.39, 0.29) is 18.3 Å². The number of aromatic nitrogens is 3. The number of carbonyl (C=O) groups excluding carboxylic acids is 1. The molecule has 0 aliphatic heterocycles. The molecule has 0 radical (unpaired) electrons. The molecular formula is C23H29N5O3S. The number of nitrogens with one attached hydrogen (secondary N) is 2. The molecule has 9 heteroatoms. The third-order valence-corrected chi connectivity index (χ3v) is 6.80. The lowest BCUT2D eigenvalue weighted by molar-refractivity contribution is -0.126. The number of carboxylic acid groups (broad SMARTS) is 1. The number of carbonyl (C=O) groups is 2. The quantitative estimate of drug-likeness (QED) is 0.485. The van der Waals surface area contributed by atoms with Crippen LogP contribution in [0, 0.1) is 19.8 Å². The zero-order valence-corrected chi connectivity index (χ0v) is 19.2. The minimum atomic E-state index is -0.250. The van der Waals surface area contributed by atoms with Gasteiger partial charge in [-0.2, -0.15) is 5.10 Å². The van der Waals surface area contributed by atoms with Crippen molar-refractivity contribution in [3.8, 4) is 0 Å². The third-order valence-electron chi connectivity index (χ3n) is 5.81. The van der Waals surface area contributed by atoms with Crippen molar-refractivity contribution in [2.75, 3.05) is 11.9 Å². The molecule has 2 aromatic heterocycles. The number of rotatable bonds is 6. The summed E-state index contributed by atoms with van der Waals surface area (Å²) in [5.41, 5.74) is 3.88. The molecule has 1 saturated carbocycles. The predicted molar refractivity (Wildman–Crippen MR) is 126 cm³/mol. The Morgan fingerprint density at radius 1 is 1.12 bits per heavy atom. The molecular weight excluding hydrogens is 426 g/mol. The second kappa shape index (κ2) is 11.5. The van der Waals surface area contributed by atoms with E-state index >= 15 is 0 Å². The van der Waals surface area contributed by atoms with Crippen molar-refractivity contribution >= 4 is 40.3 Å². The fraction of sp³-hybridized carbons (Fsp3) is 0.435. The maximum atomic E-state index is 12.5. The Kier molecular flexibility index (Phi) is 8.49. The number of benzene rings is 1. The molecule has 170 valence electrons. The molecule has 4 rings (SSSR count). The van der Waals surface area contributed by atoms with E-state index in [0.717, 1.165) is 60.1 Å². The molecule has 8 nitrogen and oxygen atoms in total. The first-order valence-corrected chi connectivity index (χ1v) is 11.6. The van der Waals surface area contributed by atoms with Crippen molar-refractivity contribution in [3.05, 3.63) is 46.0 Å². The van der Waals surface area contributed by atoms with Crippen molar-refractivity contribution < 1.29 is 14.7 Å². The van der Waals surface area contributed by atoms with Gasteiger partial charge in [0.25, 0.3) is 6.47 Å². The lowest BCUT2D eigenvalue weighted by atomic mass is 9.85. The van der Waals surface area contributed by atoms with Gasteiger partial charge in [-0.1, -0.05) is 24.3 Å². The molecule has 1 fully saturated rings. The van der Waals surface area contributed by atoms with Crippen molar-refractivity contribution in [2.24, 2.45) is 5.92 Å². The largest absolute Gasteiger partial charge is 0.483 e. The van der Waals surface area contributed by atoms with E-state index in [1.165, 1.54) is 4.88 Å². The van der Waals surface area contributed by atoms with Gasteiger partial charge < -0.3 is 15.7 Å². The molecule has 0 saturated heterocycles. The van der Waals surface area contributed by atoms with Gasteiger partial charge in [-0.15, -0.1) is 16.4 Å². The molecule has 32 heavy (non-hydrogen) atoms. The van der Waals surface area contributed by atoms with E-state index in [2.05, 4.69) is 37.9 Å². The first-order valence-electron chi connectivity index (χ1n) is 10.8. The van der Waals surface area contributed by atoms with E-state index in [0.29, 0.717) is 12.6 Å². The fourth-order valence-corrected chi connectivity index (χ4v) is 4.83. The summed E-state index contributed by atoms with van der Waals surface area (Å²) in [7, 11) is 0. The van der Waals surface area contributed by atoms with Gasteiger partial charge in [0, 0.05) is 40.6 Å². The van der Waals surface area contributed by atoms with E-state index in [9.17, 15) is 4.79 Å². The zero-order valence-electron chi connectivity index (χ0n) is 18.4. The topological polar surface area (TPSA) is 117 Å². The van der Waals surface area contributed by atoms with Crippen molar-refractivity contribution in [3.63, 3.8) is 0 Å². The van der Waals surface area contributed by atoms with Crippen molar-refractivity contribution in [2.45, 2.75) is 52.0 Å². The normalized spacial score (nSPS) is 17.8. The smallest absolute Gasteiger partial charge is 0.290 e. The molecule has 3 N–H and O–H groups in total. The lowest BCUT2D eigenvalue weighted by Crippen LogP contribution is -2.36. The first-order chi connectivity index (χ1) is 15.5. The standard InChI is InChI=1S/C22H27N5OS.CH2O2/c1-14-18-5-3-4-6-19(18)21(27-26-14)25-17-9-7-16(8-10-17)22(28)23-12-11-20-15(2)24-13-29-20;2-1-3/h3-6,13,16-17H,7-12H2,1-2H3,(H,23,28)(H,25,27);1H,(H,2,3).